The molecule has 0 radical (unpaired) electrons. The number of carbonyl (C=O) groups excluding carboxylic acids is 1. The van der Waals surface area contributed by atoms with E-state index in [-0.39, 0.29) is 17.5 Å². The van der Waals surface area contributed by atoms with Crippen molar-refractivity contribution < 1.29 is 4.79 Å². The summed E-state index contributed by atoms with van der Waals surface area (Å²) in [5.41, 5.74) is 1.67. The molecule has 0 aromatic carbocycles. The fraction of sp³-hybridized carbons (Fsp3) is 0.538. The van der Waals surface area contributed by atoms with E-state index >= 15 is 0 Å². The Kier molecular flexibility index (Phi) is 3.48. The lowest BCUT2D eigenvalue weighted by Crippen LogP contribution is -2.53. The molecule has 0 saturated heterocycles. The van der Waals surface area contributed by atoms with Crippen molar-refractivity contribution in [2.45, 2.75) is 39.7 Å². The molecule has 4 nitrogen and oxygen atoms in total. The van der Waals surface area contributed by atoms with Crippen molar-refractivity contribution in [3.05, 3.63) is 23.0 Å². The number of hydrogen-bond acceptors (Lipinski definition) is 2. The summed E-state index contributed by atoms with van der Waals surface area (Å²) in [7, 11) is 0. The molecule has 1 heterocycles. The van der Waals surface area contributed by atoms with Crippen LogP contribution in [0, 0.1) is 12.3 Å². The minimum Gasteiger partial charge on any atom is -0.335 e. The Morgan fingerprint density at radius 3 is 2.78 bits per heavy atom. The Morgan fingerprint density at radius 2 is 2.22 bits per heavy atom. The largest absolute Gasteiger partial charge is 0.335 e. The molecule has 0 bridgehead atoms. The summed E-state index contributed by atoms with van der Waals surface area (Å²) >= 11 is 5.95. The number of amides is 2. The van der Waals surface area contributed by atoms with E-state index in [9.17, 15) is 4.79 Å². The van der Waals surface area contributed by atoms with Crippen LogP contribution in [0.15, 0.2) is 12.4 Å². The van der Waals surface area contributed by atoms with Crippen molar-refractivity contribution in [1.82, 2.24) is 10.3 Å². The number of nitrogens with one attached hydrogen (secondary N) is 2. The Bertz CT molecular complexity index is 473. The molecule has 18 heavy (non-hydrogen) atoms. The predicted molar refractivity (Wildman–Crippen MR) is 72.9 cm³/mol. The van der Waals surface area contributed by atoms with Crippen molar-refractivity contribution in [3.8, 4) is 0 Å². The Morgan fingerprint density at radius 1 is 1.50 bits per heavy atom. The molecule has 1 aliphatic carbocycles. The van der Waals surface area contributed by atoms with Gasteiger partial charge < -0.3 is 10.6 Å². The van der Waals surface area contributed by atoms with Crippen LogP contribution in [0.4, 0.5) is 10.5 Å². The molecule has 1 aliphatic rings. The maximum absolute atomic E-state index is 11.9. The molecule has 2 rings (SSSR count). The van der Waals surface area contributed by atoms with Crippen LogP contribution in [0.3, 0.4) is 0 Å². The zero-order chi connectivity index (χ0) is 13.3. The summed E-state index contributed by atoms with van der Waals surface area (Å²) in [5.74, 6) is 0. The SMILES string of the molecule is Cc1c(Cl)cncc1NC(=O)NC1CCC1(C)C. The predicted octanol–water partition coefficient (Wildman–Crippen LogP) is 3.35. The third kappa shape index (κ3) is 2.58. The van der Waals surface area contributed by atoms with Crippen LogP contribution in [-0.4, -0.2) is 17.1 Å². The van der Waals surface area contributed by atoms with Crippen LogP contribution < -0.4 is 10.6 Å². The first kappa shape index (κ1) is 13.1. The second kappa shape index (κ2) is 4.76. The highest BCUT2D eigenvalue weighted by atomic mass is 35.5. The molecule has 2 N–H and O–H groups in total. The number of aromatic nitrogens is 1. The summed E-state index contributed by atoms with van der Waals surface area (Å²) in [6.45, 7) is 6.17. The van der Waals surface area contributed by atoms with Gasteiger partial charge in [0.15, 0.2) is 0 Å². The van der Waals surface area contributed by atoms with Crippen LogP contribution >= 0.6 is 11.6 Å². The average molecular weight is 268 g/mol. The smallest absolute Gasteiger partial charge is 0.319 e. The lowest BCUT2D eigenvalue weighted by molar-refractivity contribution is 0.117. The summed E-state index contributed by atoms with van der Waals surface area (Å²) in [6, 6.07) is 0.0462. The lowest BCUT2D eigenvalue weighted by atomic mass is 9.67. The quantitative estimate of drug-likeness (QED) is 0.863. The molecule has 5 heteroatoms. The van der Waals surface area contributed by atoms with Gasteiger partial charge in [0.25, 0.3) is 0 Å². The second-order valence-corrected chi connectivity index (χ2v) is 5.88. The summed E-state index contributed by atoms with van der Waals surface area (Å²) in [4.78, 5) is 15.8. The van der Waals surface area contributed by atoms with Gasteiger partial charge in [-0.05, 0) is 30.7 Å². The summed E-state index contributed by atoms with van der Waals surface area (Å²) in [6.07, 6.45) is 5.35. The number of rotatable bonds is 2. The summed E-state index contributed by atoms with van der Waals surface area (Å²) < 4.78 is 0. The molecule has 1 saturated carbocycles. The van der Waals surface area contributed by atoms with Gasteiger partial charge in [-0.2, -0.15) is 0 Å². The normalized spacial score (nSPS) is 21.0. The first-order valence-electron chi connectivity index (χ1n) is 6.08. The second-order valence-electron chi connectivity index (χ2n) is 5.47. The van der Waals surface area contributed by atoms with Gasteiger partial charge in [-0.15, -0.1) is 0 Å². The van der Waals surface area contributed by atoms with E-state index in [1.807, 2.05) is 6.92 Å². The van der Waals surface area contributed by atoms with Crippen molar-refractivity contribution >= 4 is 23.3 Å². The van der Waals surface area contributed by atoms with E-state index in [1.54, 1.807) is 12.4 Å². The number of halogens is 1. The molecular formula is C13H18ClN3O. The fourth-order valence-electron chi connectivity index (χ4n) is 2.08. The van der Waals surface area contributed by atoms with Gasteiger partial charge in [0.05, 0.1) is 16.9 Å². The molecule has 1 fully saturated rings. The van der Waals surface area contributed by atoms with Gasteiger partial charge in [0.1, 0.15) is 0 Å². The maximum atomic E-state index is 11.9. The molecule has 2 amide bonds. The first-order valence-corrected chi connectivity index (χ1v) is 6.45. The minimum absolute atomic E-state index is 0.193. The Balaban J connectivity index is 1.97. The fourth-order valence-corrected chi connectivity index (χ4v) is 2.23. The number of anilines is 1. The maximum Gasteiger partial charge on any atom is 0.319 e. The van der Waals surface area contributed by atoms with Gasteiger partial charge in [0.2, 0.25) is 0 Å². The Labute approximate surface area is 112 Å². The molecule has 0 aliphatic heterocycles. The van der Waals surface area contributed by atoms with Crippen LogP contribution in [0.2, 0.25) is 5.02 Å². The standard InChI is InChI=1S/C13H18ClN3O/c1-8-9(14)6-15-7-10(8)16-12(18)17-11-4-5-13(11,2)3/h6-7,11H,4-5H2,1-3H3,(H2,16,17,18). The van der Waals surface area contributed by atoms with Crippen LogP contribution in [0.5, 0.6) is 0 Å². The highest BCUT2D eigenvalue weighted by molar-refractivity contribution is 6.31. The zero-order valence-electron chi connectivity index (χ0n) is 10.9. The zero-order valence-corrected chi connectivity index (χ0v) is 11.6. The van der Waals surface area contributed by atoms with E-state index < -0.39 is 0 Å². The molecule has 1 aromatic rings. The van der Waals surface area contributed by atoms with Crippen molar-refractivity contribution in [2.24, 2.45) is 5.41 Å². The molecule has 98 valence electrons. The number of urea groups is 1. The van der Waals surface area contributed by atoms with Gasteiger partial charge in [-0.3, -0.25) is 4.98 Å². The monoisotopic (exact) mass is 267 g/mol. The third-order valence-electron chi connectivity index (χ3n) is 3.73. The lowest BCUT2D eigenvalue weighted by Gasteiger charge is -2.44. The third-order valence-corrected chi connectivity index (χ3v) is 4.11. The van der Waals surface area contributed by atoms with Gasteiger partial charge >= 0.3 is 6.03 Å². The van der Waals surface area contributed by atoms with Crippen LogP contribution in [-0.2, 0) is 0 Å². The van der Waals surface area contributed by atoms with E-state index in [1.165, 1.54) is 0 Å². The number of nitrogens with zero attached hydrogens (tertiary/aromatic N) is 1. The topological polar surface area (TPSA) is 54.0 Å². The molecule has 1 atom stereocenters. The highest BCUT2D eigenvalue weighted by Crippen LogP contribution is 2.39. The number of pyridine rings is 1. The van der Waals surface area contributed by atoms with E-state index in [0.717, 1.165) is 18.4 Å². The highest BCUT2D eigenvalue weighted by Gasteiger charge is 2.39. The van der Waals surface area contributed by atoms with Gasteiger partial charge in [-0.25, -0.2) is 4.79 Å². The van der Waals surface area contributed by atoms with Crippen molar-refractivity contribution in [1.29, 1.82) is 0 Å². The Hall–Kier alpha value is -1.29. The van der Waals surface area contributed by atoms with Crippen LogP contribution in [0.25, 0.3) is 0 Å². The molecule has 1 aromatic heterocycles. The van der Waals surface area contributed by atoms with Crippen molar-refractivity contribution in [3.63, 3.8) is 0 Å². The van der Waals surface area contributed by atoms with Crippen molar-refractivity contribution in [2.75, 3.05) is 5.32 Å². The summed E-state index contributed by atoms with van der Waals surface area (Å²) in [5, 5.41) is 6.32. The molecular weight excluding hydrogens is 250 g/mol. The van der Waals surface area contributed by atoms with E-state index in [0.29, 0.717) is 10.7 Å². The van der Waals surface area contributed by atoms with Gasteiger partial charge in [0, 0.05) is 12.2 Å². The minimum atomic E-state index is -0.194. The number of carbonyl (C=O) groups is 1. The van der Waals surface area contributed by atoms with E-state index in [2.05, 4.69) is 29.5 Å². The average Bonchev–Trinajstić information content (AvgIpc) is 2.31. The molecule has 0 spiro atoms. The number of hydrogen-bond donors (Lipinski definition) is 2. The first-order chi connectivity index (χ1) is 8.40. The van der Waals surface area contributed by atoms with E-state index in [4.69, 9.17) is 11.6 Å². The molecule has 1 unspecified atom stereocenters. The van der Waals surface area contributed by atoms with Crippen LogP contribution in [0.1, 0.15) is 32.3 Å². The van der Waals surface area contributed by atoms with Gasteiger partial charge in [-0.1, -0.05) is 25.4 Å².